The summed E-state index contributed by atoms with van der Waals surface area (Å²) in [6, 6.07) is 19.3. The zero-order valence-electron chi connectivity index (χ0n) is 25.4. The average molecular weight is 576 g/mol. The molecule has 0 spiro atoms. The second-order valence-electron chi connectivity index (χ2n) is 14.2. The van der Waals surface area contributed by atoms with Crippen LogP contribution in [0.4, 0.5) is 8.78 Å². The van der Waals surface area contributed by atoms with Crippen molar-refractivity contribution in [3.05, 3.63) is 77.9 Å². The van der Waals surface area contributed by atoms with E-state index in [0.29, 0.717) is 5.56 Å². The van der Waals surface area contributed by atoms with Crippen LogP contribution in [0.5, 0.6) is 0 Å². The minimum absolute atomic E-state index is 0.0993. The Morgan fingerprint density at radius 3 is 1.47 bits per heavy atom. The van der Waals surface area contributed by atoms with E-state index in [0.717, 1.165) is 5.56 Å². The molecule has 9 heteroatoms. The Hall–Kier alpha value is -1.63. The molecule has 2 aromatic rings. The normalized spacial score (nSPS) is 21.8. The first-order chi connectivity index (χ1) is 17.2. The highest BCUT2D eigenvalue weighted by Gasteiger charge is 2.77. The summed E-state index contributed by atoms with van der Waals surface area (Å²) in [5.41, 5.74) is 0.874. The molecule has 0 bridgehead atoms. The molecule has 0 atom stereocenters. The first-order valence-electron chi connectivity index (χ1n) is 13.5. The monoisotopic (exact) mass is 575 g/mol. The third kappa shape index (κ3) is 5.78. The molecule has 0 saturated carbocycles. The van der Waals surface area contributed by atoms with Crippen LogP contribution in [0, 0.1) is 0 Å². The smallest absolute Gasteiger partial charge is 0.502 e. The molecule has 38 heavy (non-hydrogen) atoms. The van der Waals surface area contributed by atoms with Gasteiger partial charge >= 0.3 is 14.9 Å². The highest BCUT2D eigenvalue weighted by Crippen LogP contribution is 2.56. The minimum atomic E-state index is -3.44. The van der Waals surface area contributed by atoms with Crippen molar-refractivity contribution in [3.63, 3.8) is 0 Å². The largest absolute Gasteiger partial charge is 0.502 e. The van der Waals surface area contributed by atoms with Gasteiger partial charge in [-0.15, -0.1) is 0 Å². The zero-order chi connectivity index (χ0) is 28.9. The summed E-state index contributed by atoms with van der Waals surface area (Å²) < 4.78 is 44.6. The Morgan fingerprint density at radius 2 is 1.13 bits per heavy atom. The molecule has 4 nitrogen and oxygen atoms in total. The fourth-order valence-electron chi connectivity index (χ4n) is 6.20. The van der Waals surface area contributed by atoms with Gasteiger partial charge in [-0.2, -0.15) is 8.78 Å². The zero-order valence-corrected chi connectivity index (χ0v) is 28.4. The van der Waals surface area contributed by atoms with Crippen LogP contribution in [0.2, 0.25) is 39.3 Å². The lowest BCUT2D eigenvalue weighted by Crippen LogP contribution is -2.96. The SMILES string of the molecule is CC(C)(C)N1C(c2ccccc2)N(C(C)(C)C)[Si]1(OC(=C(F)F)c1ccccc1)N([Si](C)(C)C)[Si](C)(C)C. The maximum absolute atomic E-state index is 14.9. The van der Waals surface area contributed by atoms with Crippen molar-refractivity contribution >= 4 is 31.0 Å². The van der Waals surface area contributed by atoms with Crippen molar-refractivity contribution in [2.45, 2.75) is 98.1 Å². The lowest BCUT2D eigenvalue weighted by Gasteiger charge is -2.74. The number of nitrogens with zero attached hydrogens (tertiary/aromatic N) is 3. The summed E-state index contributed by atoms with van der Waals surface area (Å²) in [6.45, 7) is 27.1. The van der Waals surface area contributed by atoms with Crippen molar-refractivity contribution in [2.24, 2.45) is 0 Å². The Bertz CT molecular complexity index is 1090. The molecule has 3 rings (SSSR count). The van der Waals surface area contributed by atoms with E-state index in [4.69, 9.17) is 4.43 Å². The van der Waals surface area contributed by atoms with Crippen LogP contribution >= 0.6 is 0 Å². The van der Waals surface area contributed by atoms with Crippen molar-refractivity contribution < 1.29 is 13.2 Å². The molecular weight excluding hydrogens is 529 g/mol. The molecule has 2 aromatic carbocycles. The number of halogens is 2. The Balaban J connectivity index is 2.47. The lowest BCUT2D eigenvalue weighted by atomic mass is 10.0. The molecule has 1 saturated heterocycles. The Kier molecular flexibility index (Phi) is 8.46. The van der Waals surface area contributed by atoms with E-state index in [1.165, 1.54) is 0 Å². The van der Waals surface area contributed by atoms with Gasteiger partial charge in [0.2, 0.25) is 0 Å². The van der Waals surface area contributed by atoms with Crippen molar-refractivity contribution in [3.8, 4) is 0 Å². The first-order valence-corrected chi connectivity index (χ1v) is 22.1. The second kappa shape index (κ2) is 10.4. The molecule has 0 radical (unpaired) electrons. The van der Waals surface area contributed by atoms with E-state index in [2.05, 4.69) is 118 Å². The summed E-state index contributed by atoms with van der Waals surface area (Å²) in [5.74, 6) is -0.297. The average Bonchev–Trinajstić information content (AvgIpc) is 2.72. The fraction of sp³-hybridized carbons (Fsp3) is 0.517. The second-order valence-corrected chi connectivity index (χ2v) is 27.9. The van der Waals surface area contributed by atoms with Crippen LogP contribution in [0.1, 0.15) is 58.8 Å². The molecule has 0 amide bonds. The third-order valence-electron chi connectivity index (χ3n) is 6.74. The number of hydrogen-bond donors (Lipinski definition) is 0. The van der Waals surface area contributed by atoms with Gasteiger partial charge in [0.15, 0.2) is 5.76 Å². The van der Waals surface area contributed by atoms with Crippen molar-refractivity contribution in [1.82, 2.24) is 13.0 Å². The van der Waals surface area contributed by atoms with Gasteiger partial charge in [0, 0.05) is 16.6 Å². The van der Waals surface area contributed by atoms with E-state index in [9.17, 15) is 8.78 Å². The molecule has 210 valence electrons. The first kappa shape index (κ1) is 30.9. The summed E-state index contributed by atoms with van der Waals surface area (Å²) in [7, 11) is -7.68. The van der Waals surface area contributed by atoms with Gasteiger partial charge < -0.3 is 8.32 Å². The molecular formula is C29H47F2N3OSi3. The summed E-state index contributed by atoms with van der Waals surface area (Å²) in [4.78, 5) is 0. The molecule has 0 aliphatic carbocycles. The van der Waals surface area contributed by atoms with Crippen LogP contribution in [0.15, 0.2) is 66.7 Å². The van der Waals surface area contributed by atoms with E-state index in [1.54, 1.807) is 24.3 Å². The van der Waals surface area contributed by atoms with Crippen LogP contribution in [-0.2, 0) is 4.43 Å². The van der Waals surface area contributed by atoms with Gasteiger partial charge in [0.05, 0.1) is 6.17 Å². The Morgan fingerprint density at radius 1 is 0.737 bits per heavy atom. The highest BCUT2D eigenvalue weighted by atomic mass is 28.5. The summed E-state index contributed by atoms with van der Waals surface area (Å²) in [6.07, 6.45) is -1.88. The highest BCUT2D eigenvalue weighted by molar-refractivity contribution is 7.02. The lowest BCUT2D eigenvalue weighted by molar-refractivity contribution is -0.0921. The molecule has 0 unspecified atom stereocenters. The van der Waals surface area contributed by atoms with Crippen LogP contribution in [0.3, 0.4) is 0 Å². The predicted molar refractivity (Wildman–Crippen MR) is 163 cm³/mol. The van der Waals surface area contributed by atoms with E-state index < -0.39 is 31.4 Å². The van der Waals surface area contributed by atoms with Crippen LogP contribution in [0.25, 0.3) is 5.76 Å². The predicted octanol–water partition coefficient (Wildman–Crippen LogP) is 8.59. The number of rotatable bonds is 7. The van der Waals surface area contributed by atoms with Gasteiger partial charge in [-0.25, -0.2) is 9.13 Å². The quantitative estimate of drug-likeness (QED) is 0.243. The molecule has 1 aliphatic rings. The van der Waals surface area contributed by atoms with Gasteiger partial charge in [-0.1, -0.05) is 99.9 Å². The minimum Gasteiger partial charge on any atom is -0.502 e. The molecule has 0 aromatic heterocycles. The number of hydrogen-bond acceptors (Lipinski definition) is 4. The van der Waals surface area contributed by atoms with E-state index in [1.807, 2.05) is 12.1 Å². The van der Waals surface area contributed by atoms with E-state index >= 15 is 0 Å². The Labute approximate surface area is 232 Å². The molecule has 1 fully saturated rings. The van der Waals surface area contributed by atoms with Crippen LogP contribution < -0.4 is 0 Å². The van der Waals surface area contributed by atoms with Gasteiger partial charge in [-0.05, 0) is 47.1 Å². The van der Waals surface area contributed by atoms with Crippen molar-refractivity contribution in [1.29, 1.82) is 0 Å². The van der Waals surface area contributed by atoms with E-state index in [-0.39, 0.29) is 23.0 Å². The van der Waals surface area contributed by atoms with Gasteiger partial charge in [0.1, 0.15) is 16.5 Å². The van der Waals surface area contributed by atoms with Gasteiger partial charge in [-0.3, -0.25) is 0 Å². The topological polar surface area (TPSA) is 19.0 Å². The fourth-order valence-corrected chi connectivity index (χ4v) is 27.0. The maximum Gasteiger partial charge on any atom is 0.502 e. The standard InChI is InChI=1S/C29H47F2N3OSi3/c1-28(2,3)32-27(24-21-17-14-18-22-24)33(29(4,5)6)38(32,34(36(7,8)9)37(10,11)12)35-25(26(30)31)23-19-15-13-16-20-23/h13-22,27H,1-12H3. The maximum atomic E-state index is 14.9. The van der Waals surface area contributed by atoms with Crippen LogP contribution in [-0.4, -0.2) is 49.4 Å². The number of benzene rings is 2. The summed E-state index contributed by atoms with van der Waals surface area (Å²) in [5, 5.41) is 0. The third-order valence-corrected chi connectivity index (χ3v) is 23.4. The molecule has 1 aliphatic heterocycles. The molecule has 1 heterocycles. The van der Waals surface area contributed by atoms with Gasteiger partial charge in [0.25, 0.3) is 0 Å². The summed E-state index contributed by atoms with van der Waals surface area (Å²) >= 11 is 0. The van der Waals surface area contributed by atoms with Crippen molar-refractivity contribution in [2.75, 3.05) is 0 Å². The molecule has 0 N–H and O–H groups in total.